The summed E-state index contributed by atoms with van der Waals surface area (Å²) in [7, 11) is 0. The molecule has 160 valence electrons. The minimum Gasteiger partial charge on any atom is -0.508 e. The number of pyridine rings is 1. The van der Waals surface area contributed by atoms with Crippen LogP contribution in [-0.4, -0.2) is 39.9 Å². The van der Waals surface area contributed by atoms with E-state index in [1.165, 1.54) is 18.3 Å². The number of hydrogen-bond donors (Lipinski definition) is 2. The van der Waals surface area contributed by atoms with Crippen LogP contribution in [0.3, 0.4) is 0 Å². The Labute approximate surface area is 180 Å². The second kappa shape index (κ2) is 10.2. The van der Waals surface area contributed by atoms with Crippen molar-refractivity contribution in [1.29, 1.82) is 0 Å². The Balaban J connectivity index is 2.03. The fraction of sp³-hybridized carbons (Fsp3) is 0.364. The van der Waals surface area contributed by atoms with Crippen molar-refractivity contribution >= 4 is 29.3 Å². The van der Waals surface area contributed by atoms with Gasteiger partial charge in [-0.1, -0.05) is 11.6 Å². The van der Waals surface area contributed by atoms with E-state index in [4.69, 9.17) is 16.3 Å². The van der Waals surface area contributed by atoms with Gasteiger partial charge in [-0.3, -0.25) is 19.4 Å². The Hall–Kier alpha value is -2.93. The normalized spacial score (nSPS) is 11.1. The summed E-state index contributed by atoms with van der Waals surface area (Å²) in [5.41, 5.74) is 0.383. The molecule has 2 rings (SSSR count). The van der Waals surface area contributed by atoms with Crippen molar-refractivity contribution in [3.63, 3.8) is 0 Å². The van der Waals surface area contributed by atoms with Crippen LogP contribution >= 0.6 is 11.6 Å². The number of nitrogens with zero attached hydrogens (tertiary/aromatic N) is 1. The Morgan fingerprint density at radius 1 is 1.17 bits per heavy atom. The van der Waals surface area contributed by atoms with Gasteiger partial charge in [0.2, 0.25) is 0 Å². The molecule has 1 aromatic heterocycles. The first-order valence-corrected chi connectivity index (χ1v) is 9.89. The molecule has 30 heavy (non-hydrogen) atoms. The Morgan fingerprint density at radius 2 is 1.90 bits per heavy atom. The molecule has 0 atom stereocenters. The van der Waals surface area contributed by atoms with Gasteiger partial charge in [0.05, 0.1) is 13.0 Å². The highest BCUT2D eigenvalue weighted by atomic mass is 35.5. The number of rotatable bonds is 9. The average molecular weight is 433 g/mol. The Kier molecular flexibility index (Phi) is 7.94. The number of amides is 1. The number of hydrogen-bond acceptors (Lipinski definition) is 6. The van der Waals surface area contributed by atoms with Gasteiger partial charge >= 0.3 is 5.97 Å². The first-order valence-electron chi connectivity index (χ1n) is 9.52. The zero-order valence-corrected chi connectivity index (χ0v) is 18.0. The van der Waals surface area contributed by atoms with Crippen LogP contribution in [-0.2, 0) is 27.2 Å². The van der Waals surface area contributed by atoms with Crippen LogP contribution in [0.2, 0.25) is 5.02 Å². The van der Waals surface area contributed by atoms with Gasteiger partial charge in [-0.15, -0.1) is 0 Å². The second-order valence-electron chi connectivity index (χ2n) is 7.53. The lowest BCUT2D eigenvalue weighted by atomic mass is 10.00. The third kappa shape index (κ3) is 7.15. The molecule has 0 fully saturated rings. The molecule has 0 saturated heterocycles. The molecule has 0 radical (unpaired) electrons. The van der Waals surface area contributed by atoms with Gasteiger partial charge in [-0.2, -0.15) is 0 Å². The Bertz CT molecular complexity index is 943. The second-order valence-corrected chi connectivity index (χ2v) is 7.97. The van der Waals surface area contributed by atoms with Gasteiger partial charge in [0.25, 0.3) is 5.91 Å². The number of ether oxygens (including phenoxy) is 1. The zero-order chi connectivity index (χ0) is 22.3. The monoisotopic (exact) mass is 432 g/mol. The van der Waals surface area contributed by atoms with Crippen LogP contribution in [0.5, 0.6) is 5.75 Å². The number of halogens is 1. The molecular weight excluding hydrogens is 408 g/mol. The summed E-state index contributed by atoms with van der Waals surface area (Å²) in [6.07, 6.45) is 1.56. The van der Waals surface area contributed by atoms with Crippen molar-refractivity contribution in [3.8, 4) is 5.75 Å². The largest absolute Gasteiger partial charge is 0.508 e. The van der Waals surface area contributed by atoms with Gasteiger partial charge in [0.1, 0.15) is 17.2 Å². The van der Waals surface area contributed by atoms with Crippen LogP contribution in [0.25, 0.3) is 0 Å². The van der Waals surface area contributed by atoms with Crippen LogP contribution in [0.4, 0.5) is 0 Å². The number of benzene rings is 1. The lowest BCUT2D eigenvalue weighted by Crippen LogP contribution is -2.45. The molecule has 0 saturated carbocycles. The van der Waals surface area contributed by atoms with E-state index in [1.807, 2.05) is 0 Å². The predicted molar refractivity (Wildman–Crippen MR) is 113 cm³/mol. The molecule has 2 N–H and O–H groups in total. The van der Waals surface area contributed by atoms with Gasteiger partial charge in [-0.25, -0.2) is 0 Å². The number of ketones is 1. The Morgan fingerprint density at radius 3 is 2.60 bits per heavy atom. The molecule has 0 bridgehead atoms. The molecule has 0 aliphatic carbocycles. The fourth-order valence-electron chi connectivity index (χ4n) is 2.90. The molecule has 1 aromatic carbocycles. The van der Waals surface area contributed by atoms with Crippen molar-refractivity contribution in [3.05, 3.63) is 58.4 Å². The summed E-state index contributed by atoms with van der Waals surface area (Å²) >= 11 is 5.91. The summed E-state index contributed by atoms with van der Waals surface area (Å²) < 4.78 is 4.92. The maximum absolute atomic E-state index is 12.6. The van der Waals surface area contributed by atoms with Crippen molar-refractivity contribution < 1.29 is 24.2 Å². The maximum atomic E-state index is 12.6. The van der Waals surface area contributed by atoms with Crippen LogP contribution in [0.1, 0.15) is 48.8 Å². The smallest absolute Gasteiger partial charge is 0.308 e. The highest BCUT2D eigenvalue weighted by Gasteiger charge is 2.26. The predicted octanol–water partition coefficient (Wildman–Crippen LogP) is 3.26. The van der Waals surface area contributed by atoms with E-state index in [0.29, 0.717) is 16.1 Å². The van der Waals surface area contributed by atoms with E-state index in [0.717, 1.165) is 0 Å². The summed E-state index contributed by atoms with van der Waals surface area (Å²) in [6.45, 7) is 5.42. The first kappa shape index (κ1) is 23.3. The minimum atomic E-state index is -0.819. The highest BCUT2D eigenvalue weighted by Crippen LogP contribution is 2.22. The molecular formula is C22H25ClN2O5. The first-order chi connectivity index (χ1) is 14.1. The summed E-state index contributed by atoms with van der Waals surface area (Å²) in [5, 5.41) is 13.1. The number of phenolic OH excluding ortho intramolecular Hbond substituents is 1. The number of Topliss-reactive ketones (excluding diaryl/α,β-unsaturated/α-hetero) is 1. The van der Waals surface area contributed by atoms with Crippen molar-refractivity contribution in [1.82, 2.24) is 10.3 Å². The molecule has 0 aliphatic heterocycles. The van der Waals surface area contributed by atoms with Gasteiger partial charge < -0.3 is 15.2 Å². The third-order valence-corrected chi connectivity index (χ3v) is 4.47. The number of esters is 1. The van der Waals surface area contributed by atoms with E-state index in [2.05, 4.69) is 10.3 Å². The van der Waals surface area contributed by atoms with Crippen LogP contribution in [0, 0.1) is 0 Å². The molecule has 2 aromatic rings. The quantitative estimate of drug-likeness (QED) is 0.589. The molecule has 0 unspecified atom stereocenters. The summed E-state index contributed by atoms with van der Waals surface area (Å²) in [4.78, 5) is 40.7. The molecule has 0 spiro atoms. The third-order valence-electron chi connectivity index (χ3n) is 4.23. The van der Waals surface area contributed by atoms with Crippen LogP contribution < -0.4 is 5.32 Å². The summed E-state index contributed by atoms with van der Waals surface area (Å²) in [6, 6.07) is 7.72. The number of carbonyl (C=O) groups excluding carboxylic acids is 3. The minimum absolute atomic E-state index is 0.00590. The number of aromatic nitrogens is 1. The average Bonchev–Trinajstić information content (AvgIpc) is 2.64. The van der Waals surface area contributed by atoms with Gasteiger partial charge in [0.15, 0.2) is 0 Å². The maximum Gasteiger partial charge on any atom is 0.308 e. The molecule has 8 heteroatoms. The standard InChI is InChI=1S/C22H25ClN2O5/c1-4-30-20(28)13-22(2,3)25-21(29)18-10-14(7-8-24-18)9-17(26)12-15-11-16(23)5-6-19(15)27/h5-8,10-11,27H,4,9,12-13H2,1-3H3,(H,25,29). The van der Waals surface area contributed by atoms with E-state index in [1.54, 1.807) is 39.0 Å². The van der Waals surface area contributed by atoms with Crippen molar-refractivity contribution in [2.45, 2.75) is 45.6 Å². The van der Waals surface area contributed by atoms with Crippen LogP contribution in [0.15, 0.2) is 36.5 Å². The SMILES string of the molecule is CCOC(=O)CC(C)(C)NC(=O)c1cc(CC(=O)Cc2cc(Cl)ccc2O)ccn1. The topological polar surface area (TPSA) is 106 Å². The highest BCUT2D eigenvalue weighted by molar-refractivity contribution is 6.30. The van der Waals surface area contributed by atoms with E-state index in [-0.39, 0.29) is 43.1 Å². The number of phenols is 1. The molecule has 1 amide bonds. The number of carbonyl (C=O) groups is 3. The van der Waals surface area contributed by atoms with E-state index >= 15 is 0 Å². The molecule has 7 nitrogen and oxygen atoms in total. The fourth-order valence-corrected chi connectivity index (χ4v) is 3.09. The lowest BCUT2D eigenvalue weighted by molar-refractivity contribution is -0.144. The molecule has 0 aliphatic rings. The number of nitrogens with one attached hydrogen (secondary N) is 1. The van der Waals surface area contributed by atoms with E-state index < -0.39 is 17.4 Å². The molecule has 1 heterocycles. The van der Waals surface area contributed by atoms with Gasteiger partial charge in [-0.05, 0) is 56.7 Å². The lowest BCUT2D eigenvalue weighted by Gasteiger charge is -2.25. The number of aromatic hydroxyl groups is 1. The zero-order valence-electron chi connectivity index (χ0n) is 17.2. The summed E-state index contributed by atoms with van der Waals surface area (Å²) in [5.74, 6) is -0.996. The van der Waals surface area contributed by atoms with Crippen molar-refractivity contribution in [2.75, 3.05) is 6.61 Å². The van der Waals surface area contributed by atoms with Crippen molar-refractivity contribution in [2.24, 2.45) is 0 Å². The van der Waals surface area contributed by atoms with E-state index in [9.17, 15) is 19.5 Å². The van der Waals surface area contributed by atoms with Gasteiger partial charge in [0, 0.05) is 35.2 Å².